The van der Waals surface area contributed by atoms with Gasteiger partial charge in [0.25, 0.3) is 0 Å². The van der Waals surface area contributed by atoms with E-state index in [-0.39, 0.29) is 0 Å². The van der Waals surface area contributed by atoms with Gasteiger partial charge in [-0.25, -0.2) is 0 Å². The highest BCUT2D eigenvalue weighted by Crippen LogP contribution is 1.98. The van der Waals surface area contributed by atoms with Crippen LogP contribution >= 0.6 is 0 Å². The minimum Gasteiger partial charge on any atom is -0.380 e. The van der Waals surface area contributed by atoms with E-state index in [2.05, 4.69) is 26.1 Å². The van der Waals surface area contributed by atoms with Crippen molar-refractivity contribution < 1.29 is 4.74 Å². The molecule has 0 aromatic carbocycles. The molecule has 0 unspecified atom stereocenters. The molecule has 0 bridgehead atoms. The van der Waals surface area contributed by atoms with Gasteiger partial charge in [-0.2, -0.15) is 0 Å². The minimum absolute atomic E-state index is 0.757. The molecule has 1 N–H and O–H groups in total. The lowest BCUT2D eigenvalue weighted by Crippen LogP contribution is -2.21. The average Bonchev–Trinajstić information content (AvgIpc) is 2.09. The van der Waals surface area contributed by atoms with Gasteiger partial charge in [0.15, 0.2) is 0 Å². The molecule has 80 valence electrons. The predicted octanol–water partition coefficient (Wildman–Crippen LogP) is 2.44. The van der Waals surface area contributed by atoms with Gasteiger partial charge in [-0.05, 0) is 25.3 Å². The fraction of sp³-hybridized carbons (Fsp3) is 1.00. The predicted molar refractivity (Wildman–Crippen MR) is 58.1 cm³/mol. The number of nitrogens with one attached hydrogen (secondary N) is 1. The van der Waals surface area contributed by atoms with Crippen molar-refractivity contribution in [3.05, 3.63) is 0 Å². The Balaban J connectivity index is 2.84. The monoisotopic (exact) mass is 187 g/mol. The van der Waals surface area contributed by atoms with Crippen molar-refractivity contribution in [2.75, 3.05) is 26.3 Å². The summed E-state index contributed by atoms with van der Waals surface area (Å²) in [5.74, 6) is 0.757. The lowest BCUT2D eigenvalue weighted by molar-refractivity contribution is 0.125. The van der Waals surface area contributed by atoms with Crippen LogP contribution in [0.3, 0.4) is 0 Å². The van der Waals surface area contributed by atoms with Gasteiger partial charge in [0, 0.05) is 13.2 Å². The molecule has 2 nitrogen and oxygen atoms in total. The van der Waals surface area contributed by atoms with Gasteiger partial charge in [0.1, 0.15) is 0 Å². The molecule has 0 radical (unpaired) electrons. The van der Waals surface area contributed by atoms with Crippen molar-refractivity contribution in [2.45, 2.75) is 40.0 Å². The highest BCUT2D eigenvalue weighted by atomic mass is 16.5. The summed E-state index contributed by atoms with van der Waals surface area (Å²) in [4.78, 5) is 0. The molecular formula is C11H25NO. The maximum Gasteiger partial charge on any atom is 0.0590 e. The lowest BCUT2D eigenvalue weighted by Gasteiger charge is -2.07. The Bertz CT molecular complexity index is 94.1. The van der Waals surface area contributed by atoms with Crippen molar-refractivity contribution >= 4 is 0 Å². The van der Waals surface area contributed by atoms with Crippen LogP contribution in [0.15, 0.2) is 0 Å². The van der Waals surface area contributed by atoms with Crippen molar-refractivity contribution in [3.63, 3.8) is 0 Å². The van der Waals surface area contributed by atoms with Crippen LogP contribution in [0.25, 0.3) is 0 Å². The van der Waals surface area contributed by atoms with Gasteiger partial charge in [0.2, 0.25) is 0 Å². The molecule has 0 saturated carbocycles. The van der Waals surface area contributed by atoms with Crippen molar-refractivity contribution in [2.24, 2.45) is 5.92 Å². The SMILES string of the molecule is CCCCNCCOCCC(C)C. The normalized spacial score (nSPS) is 11.1. The molecule has 2 heteroatoms. The maximum atomic E-state index is 5.46. The standard InChI is InChI=1S/C11H25NO/c1-4-5-7-12-8-10-13-9-6-11(2)3/h11-12H,4-10H2,1-3H3. The van der Waals surface area contributed by atoms with Gasteiger partial charge < -0.3 is 10.1 Å². The first-order valence-corrected chi connectivity index (χ1v) is 5.55. The molecule has 0 aliphatic rings. The van der Waals surface area contributed by atoms with Crippen LogP contribution in [0.5, 0.6) is 0 Å². The second-order valence-corrected chi connectivity index (χ2v) is 3.90. The maximum absolute atomic E-state index is 5.46. The van der Waals surface area contributed by atoms with Crippen LogP contribution in [0.2, 0.25) is 0 Å². The summed E-state index contributed by atoms with van der Waals surface area (Å²) in [5, 5.41) is 3.35. The van der Waals surface area contributed by atoms with Gasteiger partial charge in [-0.3, -0.25) is 0 Å². The molecule has 0 rings (SSSR count). The third-order valence-corrected chi connectivity index (χ3v) is 1.97. The van der Waals surface area contributed by atoms with E-state index in [9.17, 15) is 0 Å². The summed E-state index contributed by atoms with van der Waals surface area (Å²) in [6.07, 6.45) is 3.71. The van der Waals surface area contributed by atoms with E-state index in [0.717, 1.165) is 32.2 Å². The molecule has 0 atom stereocenters. The molecule has 0 aromatic rings. The van der Waals surface area contributed by atoms with Crippen LogP contribution in [0, 0.1) is 5.92 Å². The van der Waals surface area contributed by atoms with Gasteiger partial charge in [0.05, 0.1) is 6.61 Å². The summed E-state index contributed by atoms with van der Waals surface area (Å²) in [6, 6.07) is 0. The molecular weight excluding hydrogens is 162 g/mol. The molecule has 0 saturated heterocycles. The molecule has 0 spiro atoms. The lowest BCUT2D eigenvalue weighted by atomic mass is 10.1. The van der Waals surface area contributed by atoms with E-state index < -0.39 is 0 Å². The first kappa shape index (κ1) is 12.9. The third-order valence-electron chi connectivity index (χ3n) is 1.97. The Morgan fingerprint density at radius 1 is 1.15 bits per heavy atom. The second kappa shape index (κ2) is 10.0. The van der Waals surface area contributed by atoms with Crippen LogP contribution in [-0.2, 0) is 4.74 Å². The Morgan fingerprint density at radius 2 is 1.92 bits per heavy atom. The first-order valence-electron chi connectivity index (χ1n) is 5.55. The van der Waals surface area contributed by atoms with E-state index in [1.54, 1.807) is 0 Å². The van der Waals surface area contributed by atoms with Crippen molar-refractivity contribution in [1.82, 2.24) is 5.32 Å². The zero-order valence-corrected chi connectivity index (χ0v) is 9.44. The van der Waals surface area contributed by atoms with Gasteiger partial charge >= 0.3 is 0 Å². The highest BCUT2D eigenvalue weighted by molar-refractivity contribution is 4.47. The Kier molecular flexibility index (Phi) is 9.94. The van der Waals surface area contributed by atoms with Crippen LogP contribution in [-0.4, -0.2) is 26.3 Å². The fourth-order valence-electron chi connectivity index (χ4n) is 0.992. The summed E-state index contributed by atoms with van der Waals surface area (Å²) < 4.78 is 5.46. The smallest absolute Gasteiger partial charge is 0.0590 e. The second-order valence-electron chi connectivity index (χ2n) is 3.90. The number of hydrogen-bond donors (Lipinski definition) is 1. The van der Waals surface area contributed by atoms with Crippen LogP contribution in [0.4, 0.5) is 0 Å². The topological polar surface area (TPSA) is 21.3 Å². The Labute approximate surface area is 83.1 Å². The summed E-state index contributed by atoms with van der Waals surface area (Å²) >= 11 is 0. The van der Waals surface area contributed by atoms with E-state index in [1.807, 2.05) is 0 Å². The number of unbranched alkanes of at least 4 members (excludes halogenated alkanes) is 1. The van der Waals surface area contributed by atoms with E-state index >= 15 is 0 Å². The molecule has 0 aliphatic carbocycles. The molecule has 0 aromatic heterocycles. The van der Waals surface area contributed by atoms with Crippen LogP contribution < -0.4 is 5.32 Å². The zero-order valence-electron chi connectivity index (χ0n) is 9.44. The van der Waals surface area contributed by atoms with Crippen LogP contribution in [0.1, 0.15) is 40.0 Å². The largest absolute Gasteiger partial charge is 0.380 e. The summed E-state index contributed by atoms with van der Waals surface area (Å²) in [5.41, 5.74) is 0. The Morgan fingerprint density at radius 3 is 2.54 bits per heavy atom. The van der Waals surface area contributed by atoms with Crippen molar-refractivity contribution in [3.8, 4) is 0 Å². The Hall–Kier alpha value is -0.0800. The van der Waals surface area contributed by atoms with Crippen molar-refractivity contribution in [1.29, 1.82) is 0 Å². The first-order chi connectivity index (χ1) is 6.27. The van der Waals surface area contributed by atoms with Gasteiger partial charge in [-0.1, -0.05) is 27.2 Å². The summed E-state index contributed by atoms with van der Waals surface area (Å²) in [6.45, 7) is 10.6. The summed E-state index contributed by atoms with van der Waals surface area (Å²) in [7, 11) is 0. The van der Waals surface area contributed by atoms with E-state index in [0.29, 0.717) is 0 Å². The van der Waals surface area contributed by atoms with E-state index in [4.69, 9.17) is 4.74 Å². The molecule has 0 amide bonds. The fourth-order valence-corrected chi connectivity index (χ4v) is 0.992. The molecule has 0 aliphatic heterocycles. The quantitative estimate of drug-likeness (QED) is 0.560. The number of hydrogen-bond acceptors (Lipinski definition) is 2. The number of ether oxygens (including phenoxy) is 1. The zero-order chi connectivity index (χ0) is 9.94. The highest BCUT2D eigenvalue weighted by Gasteiger charge is 1.93. The molecule has 13 heavy (non-hydrogen) atoms. The minimum atomic E-state index is 0.757. The molecule has 0 heterocycles. The van der Waals surface area contributed by atoms with Gasteiger partial charge in [-0.15, -0.1) is 0 Å². The average molecular weight is 187 g/mol. The number of rotatable bonds is 9. The molecule has 0 fully saturated rings. The third kappa shape index (κ3) is 11.9. The van der Waals surface area contributed by atoms with E-state index in [1.165, 1.54) is 19.3 Å².